The first-order valence-electron chi connectivity index (χ1n) is 5.55. The molecule has 0 unspecified atom stereocenters. The lowest BCUT2D eigenvalue weighted by molar-refractivity contribution is 0.00578. The van der Waals surface area contributed by atoms with Gasteiger partial charge >= 0.3 is 7.12 Å². The van der Waals surface area contributed by atoms with Gasteiger partial charge in [-0.2, -0.15) is 0 Å². The highest BCUT2D eigenvalue weighted by molar-refractivity contribution is 6.62. The molecule has 0 aromatic carbocycles. The van der Waals surface area contributed by atoms with Gasteiger partial charge < -0.3 is 14.2 Å². The second kappa shape index (κ2) is 3.83. The van der Waals surface area contributed by atoms with Crippen LogP contribution in [0.4, 0.5) is 5.82 Å². The summed E-state index contributed by atoms with van der Waals surface area (Å²) in [6, 6.07) is 3.52. The number of nitrogens with zero attached hydrogens (tertiary/aromatic N) is 2. The van der Waals surface area contributed by atoms with E-state index < -0.39 is 7.12 Å². The summed E-state index contributed by atoms with van der Waals surface area (Å²) in [6.45, 7) is 15.0. The van der Waals surface area contributed by atoms with E-state index in [1.807, 2.05) is 33.8 Å². The quantitative estimate of drug-likeness (QED) is 0.546. The number of rotatable bonds is 1. The lowest BCUT2D eigenvalue weighted by Gasteiger charge is -2.32. The maximum Gasteiger partial charge on any atom is 0.493 e. The zero-order chi connectivity index (χ0) is 12.7. The first-order chi connectivity index (χ1) is 7.86. The standard InChI is InChI=1S/C12H15BN2O2/c1-11(2)12(3,4)17-13(16-11)9-6-7-15-10(8-9)14-5/h6-8H,1-4H3. The van der Waals surface area contributed by atoms with Crippen molar-refractivity contribution in [2.24, 2.45) is 0 Å². The third-order valence-corrected chi connectivity index (χ3v) is 3.41. The number of hydrogen-bond donors (Lipinski definition) is 0. The van der Waals surface area contributed by atoms with E-state index in [1.165, 1.54) is 0 Å². The van der Waals surface area contributed by atoms with E-state index in [0.29, 0.717) is 5.82 Å². The minimum Gasteiger partial charge on any atom is -0.399 e. The van der Waals surface area contributed by atoms with Gasteiger partial charge in [-0.25, -0.2) is 0 Å². The molecule has 1 fully saturated rings. The summed E-state index contributed by atoms with van der Waals surface area (Å²) in [5, 5.41) is 0. The highest BCUT2D eigenvalue weighted by atomic mass is 16.7. The molecule has 0 aliphatic carbocycles. The van der Waals surface area contributed by atoms with Gasteiger partial charge in [-0.15, -0.1) is 4.98 Å². The molecular formula is C12H15BN2O2. The summed E-state index contributed by atoms with van der Waals surface area (Å²) in [5.74, 6) is 0.359. The van der Waals surface area contributed by atoms with E-state index >= 15 is 0 Å². The fraction of sp³-hybridized carbons (Fsp3) is 0.500. The molecule has 0 N–H and O–H groups in total. The van der Waals surface area contributed by atoms with Gasteiger partial charge in [0.05, 0.1) is 11.2 Å². The van der Waals surface area contributed by atoms with Crippen molar-refractivity contribution in [3.8, 4) is 0 Å². The van der Waals surface area contributed by atoms with Gasteiger partial charge in [-0.3, -0.25) is 0 Å². The average Bonchev–Trinajstić information content (AvgIpc) is 2.48. The Morgan fingerprint density at radius 1 is 1.24 bits per heavy atom. The van der Waals surface area contributed by atoms with Crippen molar-refractivity contribution in [2.45, 2.75) is 38.9 Å². The fourth-order valence-corrected chi connectivity index (χ4v) is 1.62. The molecule has 2 rings (SSSR count). The number of aromatic nitrogens is 1. The number of pyridine rings is 1. The Balaban J connectivity index is 2.29. The second-order valence-corrected chi connectivity index (χ2v) is 5.15. The van der Waals surface area contributed by atoms with E-state index in [2.05, 4.69) is 9.83 Å². The van der Waals surface area contributed by atoms with Crippen LogP contribution in [-0.4, -0.2) is 23.3 Å². The second-order valence-electron chi connectivity index (χ2n) is 5.15. The summed E-state index contributed by atoms with van der Waals surface area (Å²) < 4.78 is 11.8. The molecule has 0 spiro atoms. The molecule has 0 bridgehead atoms. The van der Waals surface area contributed by atoms with Gasteiger partial charge in [-0.1, -0.05) is 6.57 Å². The molecule has 1 aliphatic rings. The zero-order valence-corrected chi connectivity index (χ0v) is 10.5. The molecule has 4 nitrogen and oxygen atoms in total. The minimum absolute atomic E-state index is 0.359. The van der Waals surface area contributed by atoms with E-state index in [0.717, 1.165) is 5.46 Å². The predicted molar refractivity (Wildman–Crippen MR) is 66.2 cm³/mol. The summed E-state index contributed by atoms with van der Waals surface area (Å²) >= 11 is 0. The van der Waals surface area contributed by atoms with Crippen molar-refractivity contribution in [3.05, 3.63) is 29.7 Å². The molecule has 1 aromatic heterocycles. The van der Waals surface area contributed by atoms with E-state index in [4.69, 9.17) is 15.9 Å². The third kappa shape index (κ3) is 2.06. The van der Waals surface area contributed by atoms with Crippen LogP contribution in [0.5, 0.6) is 0 Å². The van der Waals surface area contributed by atoms with Crippen molar-refractivity contribution in [2.75, 3.05) is 0 Å². The van der Waals surface area contributed by atoms with Crippen LogP contribution in [0.1, 0.15) is 27.7 Å². The molecule has 0 saturated carbocycles. The normalized spacial score (nSPS) is 21.2. The smallest absolute Gasteiger partial charge is 0.399 e. The van der Waals surface area contributed by atoms with Crippen LogP contribution in [0.3, 0.4) is 0 Å². The summed E-state index contributed by atoms with van der Waals surface area (Å²) in [7, 11) is -0.427. The van der Waals surface area contributed by atoms with Crippen molar-refractivity contribution >= 4 is 18.4 Å². The van der Waals surface area contributed by atoms with Crippen molar-refractivity contribution in [3.63, 3.8) is 0 Å². The molecule has 0 atom stereocenters. The Morgan fingerprint density at radius 2 is 1.82 bits per heavy atom. The molecule has 2 heterocycles. The van der Waals surface area contributed by atoms with Crippen molar-refractivity contribution in [1.82, 2.24) is 4.98 Å². The summed E-state index contributed by atoms with van der Waals surface area (Å²) in [6.07, 6.45) is 1.60. The average molecular weight is 230 g/mol. The Bertz CT molecular complexity index is 464. The molecule has 1 aliphatic heterocycles. The first kappa shape index (κ1) is 12.1. The largest absolute Gasteiger partial charge is 0.493 e. The van der Waals surface area contributed by atoms with Gasteiger partial charge in [-0.05, 0) is 45.3 Å². The Labute approximate surface area is 102 Å². The van der Waals surface area contributed by atoms with Crippen molar-refractivity contribution in [1.29, 1.82) is 0 Å². The molecule has 5 heteroatoms. The monoisotopic (exact) mass is 230 g/mol. The summed E-state index contributed by atoms with van der Waals surface area (Å²) in [4.78, 5) is 7.24. The van der Waals surface area contributed by atoms with Gasteiger partial charge in [0.15, 0.2) is 0 Å². The Hall–Kier alpha value is -1.38. The SMILES string of the molecule is [C-]#[N+]c1cc(B2OC(C)(C)C(C)(C)O2)ccn1. The summed E-state index contributed by atoms with van der Waals surface area (Å²) in [5.41, 5.74) is 0.114. The van der Waals surface area contributed by atoms with Crippen molar-refractivity contribution < 1.29 is 9.31 Å². The first-order valence-corrected chi connectivity index (χ1v) is 5.55. The highest BCUT2D eigenvalue weighted by Gasteiger charge is 2.51. The molecule has 17 heavy (non-hydrogen) atoms. The lowest BCUT2D eigenvalue weighted by Crippen LogP contribution is -2.41. The molecule has 1 saturated heterocycles. The topological polar surface area (TPSA) is 35.7 Å². The number of hydrogen-bond acceptors (Lipinski definition) is 3. The highest BCUT2D eigenvalue weighted by Crippen LogP contribution is 2.36. The van der Waals surface area contributed by atoms with Crippen LogP contribution >= 0.6 is 0 Å². The fourth-order valence-electron chi connectivity index (χ4n) is 1.62. The third-order valence-electron chi connectivity index (χ3n) is 3.41. The van der Waals surface area contributed by atoms with E-state index in [9.17, 15) is 0 Å². The van der Waals surface area contributed by atoms with Crippen LogP contribution in [0.2, 0.25) is 0 Å². The van der Waals surface area contributed by atoms with Gasteiger partial charge in [0.2, 0.25) is 0 Å². The van der Waals surface area contributed by atoms with Crippen LogP contribution in [0.25, 0.3) is 4.85 Å². The van der Waals surface area contributed by atoms with Crippen LogP contribution in [-0.2, 0) is 9.31 Å². The van der Waals surface area contributed by atoms with Gasteiger partial charge in [0.25, 0.3) is 5.82 Å². The zero-order valence-electron chi connectivity index (χ0n) is 10.5. The van der Waals surface area contributed by atoms with Crippen LogP contribution in [0, 0.1) is 6.57 Å². The predicted octanol–water partition coefficient (Wildman–Crippen LogP) is 1.93. The van der Waals surface area contributed by atoms with Gasteiger partial charge in [0, 0.05) is 0 Å². The van der Waals surface area contributed by atoms with Crippen LogP contribution in [0.15, 0.2) is 18.3 Å². The van der Waals surface area contributed by atoms with E-state index in [-0.39, 0.29) is 11.2 Å². The molecule has 0 amide bonds. The molecule has 0 radical (unpaired) electrons. The Kier molecular flexibility index (Phi) is 2.72. The Morgan fingerprint density at radius 3 is 2.35 bits per heavy atom. The maximum atomic E-state index is 6.95. The van der Waals surface area contributed by atoms with E-state index in [1.54, 1.807) is 12.3 Å². The minimum atomic E-state index is -0.427. The van der Waals surface area contributed by atoms with Gasteiger partial charge in [0.1, 0.15) is 6.20 Å². The van der Waals surface area contributed by atoms with Crippen LogP contribution < -0.4 is 5.46 Å². The lowest BCUT2D eigenvalue weighted by atomic mass is 9.80. The molecule has 88 valence electrons. The molecule has 1 aromatic rings. The maximum absolute atomic E-state index is 6.95. The molecular weight excluding hydrogens is 215 g/mol.